The van der Waals surface area contributed by atoms with Crippen molar-refractivity contribution in [2.75, 3.05) is 49.9 Å². The highest BCUT2D eigenvalue weighted by atomic mass is 15.2. The Labute approximate surface area is 178 Å². The van der Waals surface area contributed by atoms with Gasteiger partial charge in [-0.2, -0.15) is 4.98 Å². The summed E-state index contributed by atoms with van der Waals surface area (Å²) in [7, 11) is 0. The molecule has 0 radical (unpaired) electrons. The number of hydrogen-bond acceptors (Lipinski definition) is 6. The largest absolute Gasteiger partial charge is 0.370 e. The SMILES string of the molecule is Cc1cccc(-c2cccc(Nc3nccc(NCCCN4CCNCC4)n3)c2)c1. The summed E-state index contributed by atoms with van der Waals surface area (Å²) in [6, 6.07) is 18.8. The second-order valence-corrected chi connectivity index (χ2v) is 7.71. The fourth-order valence-electron chi connectivity index (χ4n) is 3.70. The van der Waals surface area contributed by atoms with Gasteiger partial charge in [0.1, 0.15) is 5.82 Å². The van der Waals surface area contributed by atoms with Crippen LogP contribution in [-0.2, 0) is 0 Å². The van der Waals surface area contributed by atoms with Crippen LogP contribution in [0.25, 0.3) is 11.1 Å². The van der Waals surface area contributed by atoms with Crippen molar-refractivity contribution in [3.05, 3.63) is 66.4 Å². The van der Waals surface area contributed by atoms with E-state index in [1.54, 1.807) is 6.20 Å². The molecule has 1 saturated heterocycles. The second kappa shape index (κ2) is 10.2. The number of rotatable bonds is 8. The smallest absolute Gasteiger partial charge is 0.229 e. The van der Waals surface area contributed by atoms with Gasteiger partial charge in [0.25, 0.3) is 0 Å². The van der Waals surface area contributed by atoms with Crippen molar-refractivity contribution >= 4 is 17.5 Å². The topological polar surface area (TPSA) is 65.1 Å². The monoisotopic (exact) mass is 402 g/mol. The molecule has 3 N–H and O–H groups in total. The van der Waals surface area contributed by atoms with E-state index in [0.29, 0.717) is 5.95 Å². The van der Waals surface area contributed by atoms with E-state index in [0.717, 1.165) is 57.2 Å². The quantitative estimate of drug-likeness (QED) is 0.497. The van der Waals surface area contributed by atoms with Crippen LogP contribution in [0.5, 0.6) is 0 Å². The molecule has 0 amide bonds. The van der Waals surface area contributed by atoms with Crippen molar-refractivity contribution in [1.82, 2.24) is 20.2 Å². The molecule has 0 spiro atoms. The second-order valence-electron chi connectivity index (χ2n) is 7.71. The van der Waals surface area contributed by atoms with E-state index in [1.807, 2.05) is 12.1 Å². The maximum absolute atomic E-state index is 4.61. The first-order valence-corrected chi connectivity index (χ1v) is 10.7. The molecular formula is C24H30N6. The lowest BCUT2D eigenvalue weighted by atomic mass is 10.0. The van der Waals surface area contributed by atoms with Gasteiger partial charge in [0.2, 0.25) is 5.95 Å². The molecule has 2 heterocycles. The van der Waals surface area contributed by atoms with Crippen LogP contribution in [0.2, 0.25) is 0 Å². The summed E-state index contributed by atoms with van der Waals surface area (Å²) in [4.78, 5) is 11.5. The Morgan fingerprint density at radius 2 is 1.80 bits per heavy atom. The molecule has 0 bridgehead atoms. The van der Waals surface area contributed by atoms with E-state index in [1.165, 1.54) is 16.7 Å². The van der Waals surface area contributed by atoms with E-state index in [2.05, 4.69) is 80.2 Å². The molecule has 6 heteroatoms. The first-order chi connectivity index (χ1) is 14.8. The molecule has 3 aromatic rings. The van der Waals surface area contributed by atoms with Crippen LogP contribution in [0.1, 0.15) is 12.0 Å². The van der Waals surface area contributed by atoms with Gasteiger partial charge in [-0.3, -0.25) is 0 Å². The van der Waals surface area contributed by atoms with Crippen LogP contribution in [-0.4, -0.2) is 54.1 Å². The first kappa shape index (κ1) is 20.3. The molecule has 0 atom stereocenters. The zero-order valence-corrected chi connectivity index (χ0v) is 17.6. The Balaban J connectivity index is 1.33. The Bertz CT molecular complexity index is 952. The summed E-state index contributed by atoms with van der Waals surface area (Å²) < 4.78 is 0. The molecule has 30 heavy (non-hydrogen) atoms. The molecule has 156 valence electrons. The lowest BCUT2D eigenvalue weighted by Crippen LogP contribution is -2.44. The van der Waals surface area contributed by atoms with Crippen molar-refractivity contribution < 1.29 is 0 Å². The maximum atomic E-state index is 4.61. The van der Waals surface area contributed by atoms with Crippen LogP contribution in [0.4, 0.5) is 17.5 Å². The van der Waals surface area contributed by atoms with Crippen LogP contribution in [0.15, 0.2) is 60.8 Å². The van der Waals surface area contributed by atoms with E-state index in [9.17, 15) is 0 Å². The average molecular weight is 403 g/mol. The van der Waals surface area contributed by atoms with Gasteiger partial charge in [-0.05, 0) is 49.2 Å². The van der Waals surface area contributed by atoms with Gasteiger partial charge in [-0.15, -0.1) is 0 Å². The highest BCUT2D eigenvalue weighted by molar-refractivity contribution is 5.70. The standard InChI is InChI=1S/C24H30N6/c1-19-5-2-6-20(17-19)21-7-3-8-22(18-21)28-24-27-11-9-23(29-24)26-10-4-14-30-15-12-25-13-16-30/h2-3,5-9,11,17-18,25H,4,10,12-16H2,1H3,(H2,26,27,28,29). The average Bonchev–Trinajstić information content (AvgIpc) is 2.78. The predicted octanol–water partition coefficient (Wildman–Crippen LogP) is 3.90. The number of aromatic nitrogens is 2. The van der Waals surface area contributed by atoms with Crippen molar-refractivity contribution in [2.45, 2.75) is 13.3 Å². The molecule has 0 saturated carbocycles. The number of nitrogens with one attached hydrogen (secondary N) is 3. The number of nitrogens with zero attached hydrogens (tertiary/aromatic N) is 3. The van der Waals surface area contributed by atoms with Crippen molar-refractivity contribution in [1.29, 1.82) is 0 Å². The summed E-state index contributed by atoms with van der Waals surface area (Å²) >= 11 is 0. The minimum atomic E-state index is 0.600. The number of anilines is 3. The van der Waals surface area contributed by atoms with Crippen LogP contribution >= 0.6 is 0 Å². The van der Waals surface area contributed by atoms with Gasteiger partial charge in [-0.25, -0.2) is 4.98 Å². The Morgan fingerprint density at radius 3 is 2.63 bits per heavy atom. The highest BCUT2D eigenvalue weighted by Crippen LogP contribution is 2.24. The summed E-state index contributed by atoms with van der Waals surface area (Å²) in [6.07, 6.45) is 2.89. The first-order valence-electron chi connectivity index (χ1n) is 10.7. The Kier molecular flexibility index (Phi) is 6.90. The number of aryl methyl sites for hydroxylation is 1. The molecule has 0 aliphatic carbocycles. The third-order valence-corrected chi connectivity index (χ3v) is 5.29. The van der Waals surface area contributed by atoms with Gasteiger partial charge < -0.3 is 20.9 Å². The predicted molar refractivity (Wildman–Crippen MR) is 124 cm³/mol. The van der Waals surface area contributed by atoms with Crippen LogP contribution in [0.3, 0.4) is 0 Å². The Morgan fingerprint density at radius 1 is 1.00 bits per heavy atom. The fraction of sp³-hybridized carbons (Fsp3) is 0.333. The number of hydrogen-bond donors (Lipinski definition) is 3. The zero-order chi connectivity index (χ0) is 20.6. The third kappa shape index (κ3) is 5.78. The lowest BCUT2D eigenvalue weighted by Gasteiger charge is -2.27. The van der Waals surface area contributed by atoms with Gasteiger partial charge in [0, 0.05) is 44.6 Å². The molecular weight excluding hydrogens is 372 g/mol. The molecule has 6 nitrogen and oxygen atoms in total. The summed E-state index contributed by atoms with van der Waals surface area (Å²) in [5, 5.41) is 10.1. The molecule has 0 unspecified atom stereocenters. The van der Waals surface area contributed by atoms with Gasteiger partial charge in [0.05, 0.1) is 0 Å². The molecule has 4 rings (SSSR count). The van der Waals surface area contributed by atoms with E-state index >= 15 is 0 Å². The number of piperazine rings is 1. The van der Waals surface area contributed by atoms with Crippen molar-refractivity contribution in [3.8, 4) is 11.1 Å². The van der Waals surface area contributed by atoms with Crippen LogP contribution < -0.4 is 16.0 Å². The fourth-order valence-corrected chi connectivity index (χ4v) is 3.70. The van der Waals surface area contributed by atoms with Gasteiger partial charge in [-0.1, -0.05) is 42.0 Å². The van der Waals surface area contributed by atoms with Gasteiger partial charge >= 0.3 is 0 Å². The molecule has 1 aromatic heterocycles. The van der Waals surface area contributed by atoms with E-state index in [4.69, 9.17) is 0 Å². The van der Waals surface area contributed by atoms with Gasteiger partial charge in [0.15, 0.2) is 0 Å². The van der Waals surface area contributed by atoms with Crippen molar-refractivity contribution in [2.24, 2.45) is 0 Å². The van der Waals surface area contributed by atoms with Crippen molar-refractivity contribution in [3.63, 3.8) is 0 Å². The number of benzene rings is 2. The summed E-state index contributed by atoms with van der Waals surface area (Å²) in [5.74, 6) is 1.45. The Hall–Kier alpha value is -2.96. The molecule has 1 aliphatic rings. The van der Waals surface area contributed by atoms with E-state index < -0.39 is 0 Å². The molecule has 1 fully saturated rings. The van der Waals surface area contributed by atoms with Crippen LogP contribution in [0, 0.1) is 6.92 Å². The van der Waals surface area contributed by atoms with E-state index in [-0.39, 0.29) is 0 Å². The normalized spacial score (nSPS) is 14.4. The third-order valence-electron chi connectivity index (χ3n) is 5.29. The summed E-state index contributed by atoms with van der Waals surface area (Å²) in [5.41, 5.74) is 4.61. The zero-order valence-electron chi connectivity index (χ0n) is 17.6. The molecule has 1 aliphatic heterocycles. The maximum Gasteiger partial charge on any atom is 0.229 e. The summed E-state index contributed by atoms with van der Waals surface area (Å²) in [6.45, 7) is 8.62. The minimum Gasteiger partial charge on any atom is -0.370 e. The minimum absolute atomic E-state index is 0.600. The lowest BCUT2D eigenvalue weighted by molar-refractivity contribution is 0.240. The molecule has 2 aromatic carbocycles. The highest BCUT2D eigenvalue weighted by Gasteiger charge is 2.08.